The van der Waals surface area contributed by atoms with Crippen LogP contribution in [0.2, 0.25) is 0 Å². The van der Waals surface area contributed by atoms with E-state index in [1.54, 1.807) is 0 Å². The number of carbonyl (C=O) groups excluding carboxylic acids is 1. The van der Waals surface area contributed by atoms with Gasteiger partial charge in [0.1, 0.15) is 0 Å². The Hall–Kier alpha value is -0.590. The minimum atomic E-state index is 0.334. The summed E-state index contributed by atoms with van der Waals surface area (Å²) in [6.07, 6.45) is 23.2. The number of ketones is 1. The second kappa shape index (κ2) is 12.4. The molecule has 1 rings (SSSR count). The first-order valence-corrected chi connectivity index (χ1v) is 8.59. The van der Waals surface area contributed by atoms with Crippen molar-refractivity contribution in [1.82, 2.24) is 0 Å². The van der Waals surface area contributed by atoms with Crippen LogP contribution in [0.25, 0.3) is 0 Å². The van der Waals surface area contributed by atoms with Gasteiger partial charge in [0.25, 0.3) is 0 Å². The van der Waals surface area contributed by atoms with Crippen LogP contribution in [0.4, 0.5) is 0 Å². The molecule has 0 atom stereocenters. The Morgan fingerprint density at radius 1 is 0.579 bits per heavy atom. The summed E-state index contributed by atoms with van der Waals surface area (Å²) >= 11 is 0. The fraction of sp³-hybridized carbons (Fsp3) is 0.833. The van der Waals surface area contributed by atoms with Crippen LogP contribution in [0.15, 0.2) is 12.2 Å². The zero-order valence-corrected chi connectivity index (χ0v) is 12.7. The Morgan fingerprint density at radius 3 is 1.53 bits per heavy atom. The molecule has 0 heterocycles. The highest BCUT2D eigenvalue weighted by atomic mass is 16.1. The van der Waals surface area contributed by atoms with E-state index in [1.807, 2.05) is 6.08 Å². The molecular weight excluding hydrogens is 232 g/mol. The molecular formula is C18H32O. The first kappa shape index (κ1) is 16.5. The van der Waals surface area contributed by atoms with Crippen molar-refractivity contribution in [3.8, 4) is 0 Å². The fourth-order valence-electron chi connectivity index (χ4n) is 2.80. The summed E-state index contributed by atoms with van der Waals surface area (Å²) in [6, 6.07) is 0. The molecule has 1 aliphatic carbocycles. The van der Waals surface area contributed by atoms with Gasteiger partial charge in [-0.1, -0.05) is 76.7 Å². The molecule has 0 bridgehead atoms. The predicted molar refractivity (Wildman–Crippen MR) is 83.4 cm³/mol. The summed E-state index contributed by atoms with van der Waals surface area (Å²) in [4.78, 5) is 11.6. The standard InChI is InChI=1S/C18H32O/c19-18-16-14-12-10-8-6-4-2-1-3-5-7-9-11-13-15-17-18/h14,16H,1-13,15,17H2/b16-14+. The monoisotopic (exact) mass is 264 g/mol. The quantitative estimate of drug-likeness (QED) is 0.526. The molecule has 0 N–H and O–H groups in total. The van der Waals surface area contributed by atoms with E-state index in [4.69, 9.17) is 0 Å². The summed E-state index contributed by atoms with van der Waals surface area (Å²) in [5.74, 6) is 0.334. The Bertz CT molecular complexity index is 242. The first-order valence-electron chi connectivity index (χ1n) is 8.59. The van der Waals surface area contributed by atoms with Crippen LogP contribution >= 0.6 is 0 Å². The lowest BCUT2D eigenvalue weighted by molar-refractivity contribution is -0.114. The summed E-state index contributed by atoms with van der Waals surface area (Å²) in [6.45, 7) is 0. The molecule has 0 radical (unpaired) electrons. The lowest BCUT2D eigenvalue weighted by Crippen LogP contribution is -1.92. The van der Waals surface area contributed by atoms with Gasteiger partial charge in [-0.05, 0) is 25.3 Å². The molecule has 1 heteroatoms. The molecule has 0 aliphatic heterocycles. The topological polar surface area (TPSA) is 17.1 Å². The predicted octanol–water partition coefficient (Wildman–Crippen LogP) is 5.98. The Balaban J connectivity index is 2.17. The highest BCUT2D eigenvalue weighted by Gasteiger charge is 1.98. The van der Waals surface area contributed by atoms with Crippen molar-refractivity contribution in [2.75, 3.05) is 0 Å². The Kier molecular flexibility index (Phi) is 10.8. The molecule has 0 aromatic heterocycles. The van der Waals surface area contributed by atoms with Crippen LogP contribution in [0.1, 0.15) is 96.3 Å². The molecule has 0 spiro atoms. The van der Waals surface area contributed by atoms with Gasteiger partial charge in [-0.15, -0.1) is 0 Å². The number of hydrogen-bond acceptors (Lipinski definition) is 1. The second-order valence-corrected chi connectivity index (χ2v) is 6.00. The number of rotatable bonds is 0. The van der Waals surface area contributed by atoms with Gasteiger partial charge >= 0.3 is 0 Å². The zero-order chi connectivity index (χ0) is 13.6. The number of hydrogen-bond donors (Lipinski definition) is 0. The maximum Gasteiger partial charge on any atom is 0.155 e. The minimum Gasteiger partial charge on any atom is -0.295 e. The van der Waals surface area contributed by atoms with Crippen molar-refractivity contribution in [3.05, 3.63) is 12.2 Å². The molecule has 0 saturated heterocycles. The lowest BCUT2D eigenvalue weighted by Gasteiger charge is -2.03. The van der Waals surface area contributed by atoms with Crippen LogP contribution < -0.4 is 0 Å². The van der Waals surface area contributed by atoms with Crippen molar-refractivity contribution in [1.29, 1.82) is 0 Å². The maximum absolute atomic E-state index is 11.6. The Morgan fingerprint density at radius 2 is 1.00 bits per heavy atom. The van der Waals surface area contributed by atoms with Crippen LogP contribution in [0, 0.1) is 0 Å². The van der Waals surface area contributed by atoms with Gasteiger partial charge in [0, 0.05) is 6.42 Å². The second-order valence-electron chi connectivity index (χ2n) is 6.00. The average Bonchev–Trinajstić information content (AvgIpc) is 2.41. The lowest BCUT2D eigenvalue weighted by atomic mass is 10.0. The molecule has 19 heavy (non-hydrogen) atoms. The first-order chi connectivity index (χ1) is 9.39. The van der Waals surface area contributed by atoms with Gasteiger partial charge in [-0.3, -0.25) is 4.79 Å². The third-order valence-corrected chi connectivity index (χ3v) is 4.10. The fourth-order valence-corrected chi connectivity index (χ4v) is 2.80. The van der Waals surface area contributed by atoms with Gasteiger partial charge < -0.3 is 0 Å². The van der Waals surface area contributed by atoms with E-state index in [0.717, 1.165) is 19.3 Å². The van der Waals surface area contributed by atoms with Crippen LogP contribution in [-0.2, 0) is 4.79 Å². The third-order valence-electron chi connectivity index (χ3n) is 4.10. The summed E-state index contributed by atoms with van der Waals surface area (Å²) < 4.78 is 0. The van der Waals surface area contributed by atoms with Crippen molar-refractivity contribution < 1.29 is 4.79 Å². The number of carbonyl (C=O) groups is 1. The highest BCUT2D eigenvalue weighted by molar-refractivity contribution is 5.89. The van der Waals surface area contributed by atoms with E-state index in [0.29, 0.717) is 5.78 Å². The summed E-state index contributed by atoms with van der Waals surface area (Å²) in [5, 5.41) is 0. The van der Waals surface area contributed by atoms with E-state index < -0.39 is 0 Å². The molecule has 0 saturated carbocycles. The van der Waals surface area contributed by atoms with Crippen molar-refractivity contribution in [2.45, 2.75) is 96.3 Å². The molecule has 0 fully saturated rings. The molecule has 0 unspecified atom stereocenters. The summed E-state index contributed by atoms with van der Waals surface area (Å²) in [7, 11) is 0. The molecule has 0 aromatic carbocycles. The third kappa shape index (κ3) is 11.0. The van der Waals surface area contributed by atoms with E-state index in [1.165, 1.54) is 77.0 Å². The van der Waals surface area contributed by atoms with Gasteiger partial charge in [0.2, 0.25) is 0 Å². The Labute approximate surface area is 119 Å². The highest BCUT2D eigenvalue weighted by Crippen LogP contribution is 2.14. The molecule has 0 amide bonds. The van der Waals surface area contributed by atoms with Crippen molar-refractivity contribution in [2.24, 2.45) is 0 Å². The largest absolute Gasteiger partial charge is 0.295 e. The molecule has 0 aromatic rings. The number of allylic oxidation sites excluding steroid dienone is 2. The van der Waals surface area contributed by atoms with Crippen LogP contribution in [-0.4, -0.2) is 5.78 Å². The SMILES string of the molecule is O=C1/C=C/CCCCCCCCCCCCCCC1. The van der Waals surface area contributed by atoms with Crippen LogP contribution in [0.3, 0.4) is 0 Å². The summed E-state index contributed by atoms with van der Waals surface area (Å²) in [5.41, 5.74) is 0. The minimum absolute atomic E-state index is 0.334. The molecule has 1 aliphatic rings. The van der Waals surface area contributed by atoms with Crippen LogP contribution in [0.5, 0.6) is 0 Å². The van der Waals surface area contributed by atoms with Gasteiger partial charge in [0.05, 0.1) is 0 Å². The normalized spacial score (nSPS) is 24.3. The van der Waals surface area contributed by atoms with Gasteiger partial charge in [-0.2, -0.15) is 0 Å². The maximum atomic E-state index is 11.6. The molecule has 110 valence electrons. The van der Waals surface area contributed by atoms with Crippen molar-refractivity contribution in [3.63, 3.8) is 0 Å². The van der Waals surface area contributed by atoms with E-state index in [9.17, 15) is 4.79 Å². The smallest absolute Gasteiger partial charge is 0.155 e. The molecule has 1 nitrogen and oxygen atoms in total. The van der Waals surface area contributed by atoms with Gasteiger partial charge in [-0.25, -0.2) is 0 Å². The average molecular weight is 264 g/mol. The van der Waals surface area contributed by atoms with Crippen molar-refractivity contribution >= 4 is 5.78 Å². The van der Waals surface area contributed by atoms with E-state index in [2.05, 4.69) is 6.08 Å². The van der Waals surface area contributed by atoms with E-state index in [-0.39, 0.29) is 0 Å². The van der Waals surface area contributed by atoms with E-state index >= 15 is 0 Å². The zero-order valence-electron chi connectivity index (χ0n) is 12.7. The van der Waals surface area contributed by atoms with Gasteiger partial charge in [0.15, 0.2) is 5.78 Å².